The highest BCUT2D eigenvalue weighted by atomic mass is 19.1. The fourth-order valence-electron chi connectivity index (χ4n) is 1.65. The highest BCUT2D eigenvalue weighted by Gasteiger charge is 2.05. The molecule has 0 spiro atoms. The molecule has 0 bridgehead atoms. The maximum Gasteiger partial charge on any atom is 0.331 e. The number of nitrogens with one attached hydrogen (secondary N) is 1. The Morgan fingerprint density at radius 1 is 0.957 bits per heavy atom. The third-order valence-corrected chi connectivity index (χ3v) is 2.76. The molecule has 1 N–H and O–H groups in total. The van der Waals surface area contributed by atoms with Crippen LogP contribution in [-0.2, 0) is 14.3 Å². The van der Waals surface area contributed by atoms with Gasteiger partial charge in [0.25, 0.3) is 5.91 Å². The maximum atomic E-state index is 12.7. The first-order chi connectivity index (χ1) is 11.0. The van der Waals surface area contributed by atoms with E-state index >= 15 is 0 Å². The number of carbonyl (C=O) groups excluding carboxylic acids is 2. The molecule has 0 aromatic heterocycles. The Morgan fingerprint density at radius 2 is 1.52 bits per heavy atom. The molecule has 0 saturated heterocycles. The van der Waals surface area contributed by atoms with Gasteiger partial charge < -0.3 is 10.1 Å². The van der Waals surface area contributed by atoms with Crippen molar-refractivity contribution in [3.63, 3.8) is 0 Å². The molecule has 4 nitrogen and oxygen atoms in total. The van der Waals surface area contributed by atoms with Gasteiger partial charge in [-0.15, -0.1) is 0 Å². The number of esters is 1. The van der Waals surface area contributed by atoms with Crippen molar-refractivity contribution in [1.82, 2.24) is 0 Å². The highest BCUT2D eigenvalue weighted by Crippen LogP contribution is 2.08. The summed E-state index contributed by atoms with van der Waals surface area (Å²) in [6.45, 7) is -0.468. The summed E-state index contributed by atoms with van der Waals surface area (Å²) in [6, 6.07) is 10.7. The Bertz CT molecular complexity index is 710. The molecule has 0 saturated carbocycles. The van der Waals surface area contributed by atoms with Crippen LogP contribution < -0.4 is 5.32 Å². The van der Waals surface area contributed by atoms with Crippen molar-refractivity contribution in [2.24, 2.45) is 0 Å². The predicted molar refractivity (Wildman–Crippen MR) is 81.4 cm³/mol. The molecule has 23 heavy (non-hydrogen) atoms. The fourth-order valence-corrected chi connectivity index (χ4v) is 1.65. The summed E-state index contributed by atoms with van der Waals surface area (Å²) in [5, 5.41) is 2.46. The lowest BCUT2D eigenvalue weighted by Crippen LogP contribution is -2.20. The Balaban J connectivity index is 1.78. The first kappa shape index (κ1) is 16.4. The van der Waals surface area contributed by atoms with Crippen LogP contribution in [0.1, 0.15) is 5.56 Å². The minimum Gasteiger partial charge on any atom is -0.452 e. The molecule has 0 atom stereocenters. The van der Waals surface area contributed by atoms with Crippen molar-refractivity contribution in [1.29, 1.82) is 0 Å². The van der Waals surface area contributed by atoms with E-state index < -0.39 is 24.3 Å². The molecule has 0 aliphatic carbocycles. The second kappa shape index (κ2) is 7.84. The number of carbonyl (C=O) groups is 2. The van der Waals surface area contributed by atoms with Gasteiger partial charge in [0, 0.05) is 11.8 Å². The molecule has 118 valence electrons. The summed E-state index contributed by atoms with van der Waals surface area (Å²) in [6.07, 6.45) is 2.58. The van der Waals surface area contributed by atoms with Crippen molar-refractivity contribution in [3.05, 3.63) is 71.8 Å². The summed E-state index contributed by atoms with van der Waals surface area (Å²) >= 11 is 0. The SMILES string of the molecule is O=C(COC(=O)/C=C/c1ccc(F)cc1)Nc1ccc(F)cc1. The van der Waals surface area contributed by atoms with Crippen LogP contribution in [-0.4, -0.2) is 18.5 Å². The van der Waals surface area contributed by atoms with E-state index in [2.05, 4.69) is 5.32 Å². The van der Waals surface area contributed by atoms with E-state index in [0.29, 0.717) is 11.3 Å². The van der Waals surface area contributed by atoms with Gasteiger partial charge in [-0.25, -0.2) is 13.6 Å². The first-order valence-electron chi connectivity index (χ1n) is 6.69. The molecule has 6 heteroatoms. The summed E-state index contributed by atoms with van der Waals surface area (Å²) in [4.78, 5) is 23.0. The Kier molecular flexibility index (Phi) is 5.57. The zero-order valence-electron chi connectivity index (χ0n) is 12.0. The van der Waals surface area contributed by atoms with Crippen molar-refractivity contribution >= 4 is 23.6 Å². The van der Waals surface area contributed by atoms with Crippen LogP contribution in [0, 0.1) is 11.6 Å². The van der Waals surface area contributed by atoms with Gasteiger partial charge >= 0.3 is 5.97 Å². The van der Waals surface area contributed by atoms with Crippen LogP contribution >= 0.6 is 0 Å². The average molecular weight is 317 g/mol. The van der Waals surface area contributed by atoms with E-state index in [4.69, 9.17) is 4.74 Å². The molecule has 0 fully saturated rings. The van der Waals surface area contributed by atoms with E-state index in [1.165, 1.54) is 54.6 Å². The number of hydrogen-bond donors (Lipinski definition) is 1. The molecule has 0 radical (unpaired) electrons. The van der Waals surface area contributed by atoms with E-state index in [0.717, 1.165) is 6.08 Å². The summed E-state index contributed by atoms with van der Waals surface area (Å²) in [7, 11) is 0. The van der Waals surface area contributed by atoms with Crippen molar-refractivity contribution in [3.8, 4) is 0 Å². The zero-order valence-corrected chi connectivity index (χ0v) is 12.0. The topological polar surface area (TPSA) is 55.4 Å². The number of hydrogen-bond acceptors (Lipinski definition) is 3. The van der Waals surface area contributed by atoms with E-state index in [1.807, 2.05) is 0 Å². The Hall–Kier alpha value is -3.02. The Labute approximate surface area is 131 Å². The van der Waals surface area contributed by atoms with Gasteiger partial charge in [-0.1, -0.05) is 12.1 Å². The summed E-state index contributed by atoms with van der Waals surface area (Å²) < 4.78 is 30.2. The molecular formula is C17H13F2NO3. The van der Waals surface area contributed by atoms with E-state index in [-0.39, 0.29) is 5.82 Å². The average Bonchev–Trinajstić information content (AvgIpc) is 2.54. The third-order valence-electron chi connectivity index (χ3n) is 2.76. The predicted octanol–water partition coefficient (Wildman–Crippen LogP) is 3.16. The highest BCUT2D eigenvalue weighted by molar-refractivity contribution is 5.94. The van der Waals surface area contributed by atoms with Gasteiger partial charge in [-0.2, -0.15) is 0 Å². The largest absolute Gasteiger partial charge is 0.452 e. The Morgan fingerprint density at radius 3 is 2.13 bits per heavy atom. The van der Waals surface area contributed by atoms with Gasteiger partial charge in [0.05, 0.1) is 0 Å². The zero-order chi connectivity index (χ0) is 16.7. The fraction of sp³-hybridized carbons (Fsp3) is 0.0588. The lowest BCUT2D eigenvalue weighted by Gasteiger charge is -2.05. The first-order valence-corrected chi connectivity index (χ1v) is 6.69. The van der Waals surface area contributed by atoms with Crippen molar-refractivity contribution in [2.75, 3.05) is 11.9 Å². The molecule has 1 amide bonds. The number of rotatable bonds is 5. The second-order valence-corrected chi connectivity index (χ2v) is 4.55. The van der Waals surface area contributed by atoms with E-state index in [9.17, 15) is 18.4 Å². The summed E-state index contributed by atoms with van der Waals surface area (Å²) in [5.74, 6) is -2.04. The molecule has 0 unspecified atom stereocenters. The molecular weight excluding hydrogens is 304 g/mol. The molecule has 2 aromatic carbocycles. The third kappa shape index (κ3) is 5.70. The monoisotopic (exact) mass is 317 g/mol. The van der Waals surface area contributed by atoms with Crippen LogP contribution in [0.25, 0.3) is 6.08 Å². The number of ether oxygens (including phenoxy) is 1. The van der Waals surface area contributed by atoms with Crippen LogP contribution in [0.15, 0.2) is 54.6 Å². The van der Waals surface area contributed by atoms with Crippen LogP contribution in [0.5, 0.6) is 0 Å². The van der Waals surface area contributed by atoms with Gasteiger partial charge in [0.1, 0.15) is 11.6 Å². The van der Waals surface area contributed by atoms with Crippen molar-refractivity contribution in [2.45, 2.75) is 0 Å². The van der Waals surface area contributed by atoms with E-state index in [1.54, 1.807) is 0 Å². The number of halogens is 2. The van der Waals surface area contributed by atoms with Gasteiger partial charge in [0.2, 0.25) is 0 Å². The van der Waals surface area contributed by atoms with Crippen molar-refractivity contribution < 1.29 is 23.1 Å². The van der Waals surface area contributed by atoms with Crippen LogP contribution in [0.2, 0.25) is 0 Å². The lowest BCUT2D eigenvalue weighted by atomic mass is 10.2. The smallest absolute Gasteiger partial charge is 0.331 e. The lowest BCUT2D eigenvalue weighted by molar-refractivity contribution is -0.142. The second-order valence-electron chi connectivity index (χ2n) is 4.55. The van der Waals surface area contributed by atoms with Gasteiger partial charge in [-0.05, 0) is 48.0 Å². The normalized spacial score (nSPS) is 10.5. The minimum absolute atomic E-state index is 0.373. The van der Waals surface area contributed by atoms with Crippen LogP contribution in [0.3, 0.4) is 0 Å². The van der Waals surface area contributed by atoms with Gasteiger partial charge in [0.15, 0.2) is 6.61 Å². The minimum atomic E-state index is -0.705. The standard InChI is InChI=1S/C17H13F2NO3/c18-13-4-1-12(2-5-13)3-10-17(22)23-11-16(21)20-15-8-6-14(19)7-9-15/h1-10H,11H2,(H,20,21)/b10-3+. The maximum absolute atomic E-state index is 12.7. The molecule has 0 aliphatic heterocycles. The molecule has 0 aliphatic rings. The van der Waals surface area contributed by atoms with Crippen LogP contribution in [0.4, 0.5) is 14.5 Å². The number of anilines is 1. The number of amides is 1. The van der Waals surface area contributed by atoms with Gasteiger partial charge in [-0.3, -0.25) is 4.79 Å². The number of benzene rings is 2. The summed E-state index contributed by atoms with van der Waals surface area (Å²) in [5.41, 5.74) is 1.02. The molecule has 2 aromatic rings. The molecule has 0 heterocycles. The quantitative estimate of drug-likeness (QED) is 0.681. The molecule has 2 rings (SSSR count).